The van der Waals surface area contributed by atoms with Crippen LogP contribution in [0, 0.1) is 0 Å². The van der Waals surface area contributed by atoms with Crippen LogP contribution in [0.15, 0.2) is 83.8 Å². The molecule has 0 radical (unpaired) electrons. The molecule has 1 aliphatic heterocycles. The Kier molecular flexibility index (Phi) is 7.70. The van der Waals surface area contributed by atoms with Crippen LogP contribution in [-0.2, 0) is 14.8 Å². The molecule has 0 spiro atoms. The summed E-state index contributed by atoms with van der Waals surface area (Å²) in [6.45, 7) is 1.45. The number of carboxylic acid groups (broad SMARTS) is 1. The Morgan fingerprint density at radius 2 is 1.43 bits per heavy atom. The van der Waals surface area contributed by atoms with Gasteiger partial charge < -0.3 is 9.84 Å². The minimum absolute atomic E-state index is 0.0519. The fourth-order valence-corrected chi connectivity index (χ4v) is 5.89. The van der Waals surface area contributed by atoms with E-state index < -0.39 is 33.8 Å². The number of benzene rings is 3. The number of sulfonamides is 1. The molecule has 1 N–H and O–H groups in total. The molecule has 9 nitrogen and oxygen atoms in total. The zero-order valence-electron chi connectivity index (χ0n) is 20.1. The third-order valence-electron chi connectivity index (χ3n) is 5.99. The largest absolute Gasteiger partial charge is 0.480 e. The highest BCUT2D eigenvalue weighted by Crippen LogP contribution is 2.27. The van der Waals surface area contributed by atoms with Crippen molar-refractivity contribution >= 4 is 27.8 Å². The van der Waals surface area contributed by atoms with Gasteiger partial charge >= 0.3 is 5.97 Å². The second-order valence-electron chi connectivity index (χ2n) is 8.45. The molecule has 0 aliphatic carbocycles. The predicted molar refractivity (Wildman–Crippen MR) is 135 cm³/mol. The second kappa shape index (κ2) is 10.9. The lowest BCUT2D eigenvalue weighted by Crippen LogP contribution is -2.47. The van der Waals surface area contributed by atoms with Gasteiger partial charge in [0.25, 0.3) is 11.8 Å². The summed E-state index contributed by atoms with van der Waals surface area (Å²) in [5, 5.41) is 9.95. The van der Waals surface area contributed by atoms with Gasteiger partial charge in [0.1, 0.15) is 17.5 Å². The number of hydrogen-bond donors (Lipinski definition) is 1. The SMILES string of the molecule is CCCN(C(CCN1C(=O)c2ccccc2C1=O)C(=O)O)S(=O)(=O)c1ccc(Oc2ccccc2)cc1. The van der Waals surface area contributed by atoms with Crippen molar-refractivity contribution in [3.8, 4) is 11.5 Å². The van der Waals surface area contributed by atoms with Crippen molar-refractivity contribution in [1.82, 2.24) is 9.21 Å². The van der Waals surface area contributed by atoms with Crippen molar-refractivity contribution < 1.29 is 32.6 Å². The highest BCUT2D eigenvalue weighted by molar-refractivity contribution is 7.89. The number of carboxylic acids is 1. The number of carbonyl (C=O) groups is 3. The summed E-state index contributed by atoms with van der Waals surface area (Å²) in [7, 11) is -4.21. The summed E-state index contributed by atoms with van der Waals surface area (Å²) in [6.07, 6.45) is 0.112. The van der Waals surface area contributed by atoms with Crippen LogP contribution in [0.4, 0.5) is 0 Å². The van der Waals surface area contributed by atoms with E-state index in [0.717, 1.165) is 9.21 Å². The van der Waals surface area contributed by atoms with Crippen molar-refractivity contribution in [3.05, 3.63) is 90.0 Å². The lowest BCUT2D eigenvalue weighted by molar-refractivity contribution is -0.141. The smallest absolute Gasteiger partial charge is 0.322 e. The van der Waals surface area contributed by atoms with Crippen molar-refractivity contribution in [2.75, 3.05) is 13.1 Å². The van der Waals surface area contributed by atoms with Gasteiger partial charge in [-0.25, -0.2) is 8.42 Å². The lowest BCUT2D eigenvalue weighted by atomic mass is 10.1. The number of hydrogen-bond acceptors (Lipinski definition) is 6. The number of amides is 2. The third kappa shape index (κ3) is 5.40. The minimum atomic E-state index is -4.21. The van der Waals surface area contributed by atoms with Crippen LogP contribution >= 0.6 is 0 Å². The first kappa shape index (κ1) is 26.1. The van der Waals surface area contributed by atoms with E-state index in [9.17, 15) is 27.9 Å². The average molecular weight is 523 g/mol. The Morgan fingerprint density at radius 3 is 1.97 bits per heavy atom. The molecule has 4 rings (SSSR count). The number of rotatable bonds is 11. The molecular weight excluding hydrogens is 496 g/mol. The number of carbonyl (C=O) groups excluding carboxylic acids is 2. The lowest BCUT2D eigenvalue weighted by Gasteiger charge is -2.29. The first-order valence-electron chi connectivity index (χ1n) is 11.8. The van der Waals surface area contributed by atoms with E-state index in [1.807, 2.05) is 18.2 Å². The van der Waals surface area contributed by atoms with Crippen LogP contribution in [0.25, 0.3) is 0 Å². The number of fused-ring (bicyclic) bond motifs is 1. The standard InChI is InChI=1S/C27H26N2O7S/c1-2-17-29(37(34,35)21-14-12-20(13-15-21)36-19-8-4-3-5-9-19)24(27(32)33)16-18-28-25(30)22-10-6-7-11-23(22)26(28)31/h3-15,24H,2,16-18H2,1H3,(H,32,33). The van der Waals surface area contributed by atoms with E-state index >= 15 is 0 Å². The highest BCUT2D eigenvalue weighted by atomic mass is 32.2. The molecule has 1 atom stereocenters. The average Bonchev–Trinajstić information content (AvgIpc) is 3.14. The molecule has 10 heteroatoms. The first-order valence-corrected chi connectivity index (χ1v) is 13.2. The number of ether oxygens (including phenoxy) is 1. The Balaban J connectivity index is 1.54. The zero-order chi connectivity index (χ0) is 26.6. The Morgan fingerprint density at radius 1 is 0.892 bits per heavy atom. The molecule has 1 unspecified atom stereocenters. The summed E-state index contributed by atoms with van der Waals surface area (Å²) in [4.78, 5) is 38.5. The van der Waals surface area contributed by atoms with Crippen molar-refractivity contribution in [3.63, 3.8) is 0 Å². The maximum Gasteiger partial charge on any atom is 0.322 e. The molecule has 0 saturated carbocycles. The van der Waals surface area contributed by atoms with E-state index in [1.165, 1.54) is 36.4 Å². The first-order chi connectivity index (χ1) is 17.7. The molecule has 0 fully saturated rings. The topological polar surface area (TPSA) is 121 Å². The van der Waals surface area contributed by atoms with Crippen LogP contribution in [0.2, 0.25) is 0 Å². The molecule has 2 amide bonds. The van der Waals surface area contributed by atoms with E-state index in [2.05, 4.69) is 0 Å². The van der Waals surface area contributed by atoms with Gasteiger partial charge in [-0.1, -0.05) is 37.3 Å². The molecular formula is C27H26N2O7S. The molecule has 3 aromatic rings. The molecule has 37 heavy (non-hydrogen) atoms. The van der Waals surface area contributed by atoms with Crippen molar-refractivity contribution in [2.24, 2.45) is 0 Å². The predicted octanol–water partition coefficient (Wildman–Crippen LogP) is 4.02. The van der Waals surface area contributed by atoms with E-state index in [1.54, 1.807) is 31.2 Å². The fraction of sp³-hybridized carbons (Fsp3) is 0.222. The minimum Gasteiger partial charge on any atom is -0.480 e. The maximum absolute atomic E-state index is 13.5. The fourth-order valence-electron chi connectivity index (χ4n) is 4.19. The third-order valence-corrected chi connectivity index (χ3v) is 7.91. The number of imide groups is 1. The van der Waals surface area contributed by atoms with Gasteiger partial charge in [-0.2, -0.15) is 4.31 Å². The van der Waals surface area contributed by atoms with Gasteiger partial charge in [-0.05, 0) is 61.4 Å². The quantitative estimate of drug-likeness (QED) is 0.378. The van der Waals surface area contributed by atoms with Gasteiger partial charge in [0, 0.05) is 13.1 Å². The van der Waals surface area contributed by atoms with Crippen LogP contribution in [0.5, 0.6) is 11.5 Å². The van der Waals surface area contributed by atoms with E-state index in [0.29, 0.717) is 17.9 Å². The van der Waals surface area contributed by atoms with Crippen LogP contribution < -0.4 is 4.74 Å². The Labute approximate surface area is 214 Å². The summed E-state index contributed by atoms with van der Waals surface area (Å²) >= 11 is 0. The van der Waals surface area contributed by atoms with Crippen LogP contribution in [-0.4, -0.2) is 59.6 Å². The van der Waals surface area contributed by atoms with Crippen LogP contribution in [0.1, 0.15) is 40.5 Å². The summed E-state index contributed by atoms with van der Waals surface area (Å²) in [5.41, 5.74) is 0.491. The van der Waals surface area contributed by atoms with Crippen molar-refractivity contribution in [2.45, 2.75) is 30.7 Å². The Bertz CT molecular complexity index is 1370. The Hall–Kier alpha value is -4.02. The normalized spacial score (nSPS) is 14.1. The van der Waals surface area contributed by atoms with E-state index in [4.69, 9.17) is 4.74 Å². The second-order valence-corrected chi connectivity index (χ2v) is 10.3. The highest BCUT2D eigenvalue weighted by Gasteiger charge is 2.39. The molecule has 0 bridgehead atoms. The zero-order valence-corrected chi connectivity index (χ0v) is 20.9. The molecule has 192 valence electrons. The van der Waals surface area contributed by atoms with Gasteiger partial charge in [0.05, 0.1) is 16.0 Å². The molecule has 0 saturated heterocycles. The summed E-state index contributed by atoms with van der Waals surface area (Å²) in [5.74, 6) is -1.40. The van der Waals surface area contributed by atoms with Crippen LogP contribution in [0.3, 0.4) is 0 Å². The van der Waals surface area contributed by atoms with E-state index in [-0.39, 0.29) is 35.5 Å². The molecule has 1 aliphatic rings. The molecule has 1 heterocycles. The number of para-hydroxylation sites is 1. The number of nitrogens with zero attached hydrogens (tertiary/aromatic N) is 2. The van der Waals surface area contributed by atoms with Gasteiger partial charge in [-0.3, -0.25) is 19.3 Å². The summed E-state index contributed by atoms with van der Waals surface area (Å²) < 4.78 is 33.7. The molecule has 3 aromatic carbocycles. The number of aliphatic carboxylic acids is 1. The van der Waals surface area contributed by atoms with Gasteiger partial charge in [0.2, 0.25) is 10.0 Å². The molecule has 0 aromatic heterocycles. The van der Waals surface area contributed by atoms with Crippen molar-refractivity contribution in [1.29, 1.82) is 0 Å². The van der Waals surface area contributed by atoms with Gasteiger partial charge in [-0.15, -0.1) is 0 Å². The summed E-state index contributed by atoms with van der Waals surface area (Å²) in [6, 6.07) is 19.6. The maximum atomic E-state index is 13.5. The van der Waals surface area contributed by atoms with Gasteiger partial charge in [0.15, 0.2) is 0 Å². The monoisotopic (exact) mass is 522 g/mol.